The number of amides is 2. The van der Waals surface area contributed by atoms with E-state index in [1.54, 1.807) is 9.58 Å². The molecule has 2 amide bonds. The number of anilines is 1. The third-order valence-corrected chi connectivity index (χ3v) is 8.79. The summed E-state index contributed by atoms with van der Waals surface area (Å²) in [5.74, 6) is 0.278. The van der Waals surface area contributed by atoms with Gasteiger partial charge in [0.1, 0.15) is 12.1 Å². The van der Waals surface area contributed by atoms with Crippen molar-refractivity contribution in [3.05, 3.63) is 23.0 Å². The van der Waals surface area contributed by atoms with Crippen molar-refractivity contribution in [2.75, 3.05) is 25.4 Å². The fraction of sp³-hybridized carbons (Fsp3) is 0.731. The molecule has 12 heteroatoms. The van der Waals surface area contributed by atoms with Gasteiger partial charge in [-0.15, -0.1) is 16.4 Å². The molecule has 1 aliphatic carbocycles. The van der Waals surface area contributed by atoms with Crippen molar-refractivity contribution in [2.24, 2.45) is 11.3 Å². The molecule has 11 nitrogen and oxygen atoms in total. The minimum absolute atomic E-state index is 0.00908. The lowest BCUT2D eigenvalue weighted by Crippen LogP contribution is -2.55. The first-order valence-corrected chi connectivity index (χ1v) is 14.4. The zero-order valence-corrected chi connectivity index (χ0v) is 23.5. The molecule has 0 aromatic carbocycles. The second-order valence-electron chi connectivity index (χ2n) is 12.3. The summed E-state index contributed by atoms with van der Waals surface area (Å²) in [6, 6.07) is -1.32. The fourth-order valence-corrected chi connectivity index (χ4v) is 6.54. The maximum Gasteiger partial charge on any atom is 0.248 e. The summed E-state index contributed by atoms with van der Waals surface area (Å²) in [7, 11) is 0. The number of carbonyl (C=O) groups is 2. The average molecular weight is 545 g/mol. The van der Waals surface area contributed by atoms with Crippen LogP contribution in [-0.2, 0) is 16.1 Å². The Hall–Kier alpha value is -2.57. The number of nitrogens with one attached hydrogen (secondary N) is 1. The van der Waals surface area contributed by atoms with Gasteiger partial charge in [0.15, 0.2) is 5.13 Å². The molecular formula is C26H40N8O3S. The molecule has 0 spiro atoms. The lowest BCUT2D eigenvalue weighted by molar-refractivity contribution is -0.144. The summed E-state index contributed by atoms with van der Waals surface area (Å²) in [6.45, 7) is 10.8. The van der Waals surface area contributed by atoms with Gasteiger partial charge >= 0.3 is 0 Å². The Morgan fingerprint density at radius 2 is 2.03 bits per heavy atom. The molecule has 3 fully saturated rings. The van der Waals surface area contributed by atoms with Crippen LogP contribution in [0.4, 0.5) is 5.13 Å². The van der Waals surface area contributed by atoms with Crippen LogP contribution in [0.5, 0.6) is 0 Å². The molecule has 4 heterocycles. The van der Waals surface area contributed by atoms with E-state index in [4.69, 9.17) is 5.73 Å². The van der Waals surface area contributed by atoms with E-state index in [-0.39, 0.29) is 36.7 Å². The van der Waals surface area contributed by atoms with E-state index in [1.807, 2.05) is 33.2 Å². The number of aliphatic hydroxyl groups is 1. The number of hydrogen-bond donors (Lipinski definition) is 3. The highest BCUT2D eigenvalue weighted by Gasteiger charge is 2.46. The molecule has 1 saturated carbocycles. The molecule has 5 atom stereocenters. The maximum atomic E-state index is 13.9. The van der Waals surface area contributed by atoms with Crippen LogP contribution in [0, 0.1) is 11.3 Å². The lowest BCUT2D eigenvalue weighted by atomic mass is 9.85. The van der Waals surface area contributed by atoms with Gasteiger partial charge in [-0.3, -0.25) is 14.5 Å². The van der Waals surface area contributed by atoms with Crippen LogP contribution in [0.15, 0.2) is 12.4 Å². The van der Waals surface area contributed by atoms with E-state index in [0.29, 0.717) is 11.0 Å². The number of aliphatic hydroxyl groups excluding tert-OH is 1. The number of nitrogens with two attached hydrogens (primary N) is 1. The smallest absolute Gasteiger partial charge is 0.248 e. The van der Waals surface area contributed by atoms with Crippen LogP contribution in [0.25, 0.3) is 0 Å². The first-order chi connectivity index (χ1) is 18.0. The number of rotatable bonds is 7. The van der Waals surface area contributed by atoms with Gasteiger partial charge in [-0.2, -0.15) is 0 Å². The van der Waals surface area contributed by atoms with Gasteiger partial charge in [0.2, 0.25) is 11.8 Å². The molecular weight excluding hydrogens is 504 g/mol. The van der Waals surface area contributed by atoms with Gasteiger partial charge in [0.25, 0.3) is 0 Å². The Balaban J connectivity index is 1.24. The fourth-order valence-electron chi connectivity index (χ4n) is 5.81. The molecule has 2 aliphatic heterocycles. The van der Waals surface area contributed by atoms with Gasteiger partial charge in [-0.05, 0) is 30.6 Å². The number of hydrogen-bond acceptors (Lipinski definition) is 9. The predicted molar refractivity (Wildman–Crippen MR) is 144 cm³/mol. The molecule has 4 unspecified atom stereocenters. The Morgan fingerprint density at radius 3 is 2.66 bits per heavy atom. The zero-order valence-electron chi connectivity index (χ0n) is 22.7. The van der Waals surface area contributed by atoms with Gasteiger partial charge < -0.3 is 21.1 Å². The Kier molecular flexibility index (Phi) is 7.49. The van der Waals surface area contributed by atoms with Crippen LogP contribution in [0.3, 0.4) is 0 Å². The molecule has 4 N–H and O–H groups in total. The number of thiazole rings is 1. The highest BCUT2D eigenvalue weighted by atomic mass is 32.1. The monoisotopic (exact) mass is 544 g/mol. The minimum atomic E-state index is -0.737. The summed E-state index contributed by atoms with van der Waals surface area (Å²) in [5.41, 5.74) is 6.23. The van der Waals surface area contributed by atoms with Crippen LogP contribution in [0.2, 0.25) is 0 Å². The molecule has 3 aliphatic rings. The van der Waals surface area contributed by atoms with Crippen LogP contribution in [0.1, 0.15) is 75.9 Å². The van der Waals surface area contributed by atoms with Crippen molar-refractivity contribution in [1.82, 2.24) is 35.1 Å². The van der Waals surface area contributed by atoms with Crippen molar-refractivity contribution >= 4 is 28.3 Å². The molecule has 208 valence electrons. The quantitative estimate of drug-likeness (QED) is 0.479. The van der Waals surface area contributed by atoms with Crippen LogP contribution in [-0.4, -0.2) is 84.5 Å². The largest absolute Gasteiger partial charge is 0.391 e. The summed E-state index contributed by atoms with van der Waals surface area (Å²) in [6.07, 6.45) is 6.22. The highest BCUT2D eigenvalue weighted by molar-refractivity contribution is 7.15. The number of likely N-dealkylation sites (tertiary alicyclic amines) is 2. The Morgan fingerprint density at radius 1 is 1.26 bits per heavy atom. The number of nitrogens with zero attached hydrogens (tertiary/aromatic N) is 6. The third-order valence-electron chi connectivity index (χ3n) is 7.98. The maximum absolute atomic E-state index is 13.9. The van der Waals surface area contributed by atoms with Crippen LogP contribution < -0.4 is 11.1 Å². The van der Waals surface area contributed by atoms with E-state index in [9.17, 15) is 14.7 Å². The Labute approximate surface area is 227 Å². The summed E-state index contributed by atoms with van der Waals surface area (Å²) in [5, 5.41) is 22.9. The summed E-state index contributed by atoms with van der Waals surface area (Å²) >= 11 is 1.51. The van der Waals surface area contributed by atoms with Gasteiger partial charge in [-0.1, -0.05) is 32.9 Å². The summed E-state index contributed by atoms with van der Waals surface area (Å²) in [4.78, 5) is 36.7. The molecule has 5 rings (SSSR count). The first-order valence-electron chi connectivity index (χ1n) is 13.6. The highest BCUT2D eigenvalue weighted by Crippen LogP contribution is 2.40. The van der Waals surface area contributed by atoms with Crippen molar-refractivity contribution in [3.8, 4) is 0 Å². The van der Waals surface area contributed by atoms with Crippen molar-refractivity contribution in [3.63, 3.8) is 0 Å². The summed E-state index contributed by atoms with van der Waals surface area (Å²) < 4.78 is 1.66. The second-order valence-corrected chi connectivity index (χ2v) is 13.5. The van der Waals surface area contributed by atoms with E-state index >= 15 is 0 Å². The van der Waals surface area contributed by atoms with Crippen molar-refractivity contribution in [1.29, 1.82) is 0 Å². The number of carbonyl (C=O) groups excluding carboxylic acids is 2. The third kappa shape index (κ3) is 5.86. The standard InChI is InChI=1S/C26H40N8O3S/c1-15-11-32(13-18-10-28-25(27)38-18)8-7-19(15)29-23(36)21-9-17(35)12-33(21)24(37)22(26(2,3)4)34-14-20(30-31-34)16-5-6-16/h10,14-17,19,21-22,35H,5-9,11-13H2,1-4H3,(H2,27,28)(H,29,36)/t15?,17?,19?,21?,22-/m0/s1. The molecule has 2 aromatic heterocycles. The first kappa shape index (κ1) is 27.0. The predicted octanol–water partition coefficient (Wildman–Crippen LogP) is 1.77. The molecule has 0 radical (unpaired) electrons. The van der Waals surface area contributed by atoms with Crippen molar-refractivity contribution < 1.29 is 14.7 Å². The number of nitrogen functional groups attached to an aromatic ring is 1. The second kappa shape index (κ2) is 10.5. The molecule has 38 heavy (non-hydrogen) atoms. The molecule has 2 saturated heterocycles. The topological polar surface area (TPSA) is 142 Å². The zero-order chi connectivity index (χ0) is 27.2. The number of aromatic nitrogens is 4. The average Bonchev–Trinajstić information content (AvgIpc) is 3.22. The number of β-amino-alcohol motifs (C(OH)–C–C–N with tert-alkyl or cyclic N) is 1. The minimum Gasteiger partial charge on any atom is -0.391 e. The van der Waals surface area contributed by atoms with Crippen LogP contribution >= 0.6 is 11.3 Å². The Bertz CT molecular complexity index is 1160. The van der Waals surface area contributed by atoms with Crippen molar-refractivity contribution in [2.45, 2.75) is 90.1 Å². The van der Waals surface area contributed by atoms with E-state index < -0.39 is 23.6 Å². The van der Waals surface area contributed by atoms with Gasteiger partial charge in [-0.25, -0.2) is 9.67 Å². The normalized spacial score (nSPS) is 27.4. The number of piperidine rings is 1. The lowest BCUT2D eigenvalue weighted by Gasteiger charge is -2.38. The van der Waals surface area contributed by atoms with E-state index in [0.717, 1.165) is 49.5 Å². The van der Waals surface area contributed by atoms with E-state index in [1.165, 1.54) is 11.3 Å². The van der Waals surface area contributed by atoms with Gasteiger partial charge in [0, 0.05) is 61.8 Å². The molecule has 2 aromatic rings. The molecule has 0 bridgehead atoms. The van der Waals surface area contributed by atoms with E-state index in [2.05, 4.69) is 32.4 Å². The van der Waals surface area contributed by atoms with Gasteiger partial charge in [0.05, 0.1) is 11.8 Å². The SMILES string of the molecule is CC1CN(Cc2cnc(N)s2)CCC1NC(=O)C1CC(O)CN1C(=O)[C@H](n1cc(C2CC2)nn1)C(C)(C)C.